The van der Waals surface area contributed by atoms with E-state index in [-0.39, 0.29) is 18.4 Å². The van der Waals surface area contributed by atoms with Crippen LogP contribution in [-0.4, -0.2) is 25.0 Å². The van der Waals surface area contributed by atoms with E-state index in [0.29, 0.717) is 17.8 Å². The van der Waals surface area contributed by atoms with Crippen molar-refractivity contribution in [3.05, 3.63) is 35.4 Å². The molecule has 2 atom stereocenters. The number of methoxy groups -OCH3 is 1. The van der Waals surface area contributed by atoms with E-state index in [1.165, 1.54) is 19.2 Å². The lowest BCUT2D eigenvalue weighted by atomic mass is 9.86. The van der Waals surface area contributed by atoms with E-state index in [0.717, 1.165) is 31.4 Å². The molecule has 0 radical (unpaired) electrons. The molecule has 1 aromatic carbocycles. The molecule has 0 bridgehead atoms. The van der Waals surface area contributed by atoms with Gasteiger partial charge in [0.25, 0.3) is 0 Å². The van der Waals surface area contributed by atoms with Crippen molar-refractivity contribution in [1.82, 2.24) is 0 Å². The smallest absolute Gasteiger partial charge is 0.416 e. The number of hydrogen-bond acceptors (Lipinski definition) is 4. The van der Waals surface area contributed by atoms with E-state index >= 15 is 0 Å². The molecule has 1 aliphatic heterocycles. The van der Waals surface area contributed by atoms with Gasteiger partial charge in [-0.3, -0.25) is 9.79 Å². The minimum atomic E-state index is -4.39. The number of amidine groups is 1. The summed E-state index contributed by atoms with van der Waals surface area (Å²) in [6, 6.07) is 4.65. The van der Waals surface area contributed by atoms with Crippen molar-refractivity contribution in [3.8, 4) is 0 Å². The van der Waals surface area contributed by atoms with E-state index in [4.69, 9.17) is 10.5 Å². The molecule has 2 N–H and O–H groups in total. The second-order valence-corrected chi connectivity index (χ2v) is 5.94. The molecule has 4 nitrogen and oxygen atoms in total. The Balaban J connectivity index is 2.31. The second-order valence-electron chi connectivity index (χ2n) is 5.94. The molecule has 0 spiro atoms. The van der Waals surface area contributed by atoms with Crippen LogP contribution in [-0.2, 0) is 15.7 Å². The van der Waals surface area contributed by atoms with Crippen molar-refractivity contribution in [2.75, 3.05) is 7.11 Å². The van der Waals surface area contributed by atoms with Crippen LogP contribution in [0.3, 0.4) is 0 Å². The van der Waals surface area contributed by atoms with Crippen molar-refractivity contribution in [2.24, 2.45) is 10.7 Å². The number of benzene rings is 1. The molecule has 1 aromatic rings. The Morgan fingerprint density at radius 1 is 1.33 bits per heavy atom. The number of ether oxygens (including phenoxy) is 1. The summed E-state index contributed by atoms with van der Waals surface area (Å²) >= 11 is 0. The van der Waals surface area contributed by atoms with Crippen molar-refractivity contribution < 1.29 is 22.7 Å². The van der Waals surface area contributed by atoms with Gasteiger partial charge in [-0.2, -0.15) is 13.2 Å². The summed E-state index contributed by atoms with van der Waals surface area (Å²) in [7, 11) is 1.29. The molecule has 24 heavy (non-hydrogen) atoms. The number of aliphatic imine (C=N–C) groups is 1. The Morgan fingerprint density at radius 3 is 2.58 bits per heavy atom. The second kappa shape index (κ2) is 7.68. The Labute approximate surface area is 138 Å². The number of carbonyl (C=O) groups excluding carboxylic acids is 1. The third-order valence-electron chi connectivity index (χ3n) is 4.26. The van der Waals surface area contributed by atoms with Crippen LogP contribution in [0.15, 0.2) is 29.3 Å². The Morgan fingerprint density at radius 2 is 2.00 bits per heavy atom. The number of alkyl halides is 3. The third-order valence-corrected chi connectivity index (χ3v) is 4.26. The number of carbonyl (C=O) groups is 1. The first-order valence-electron chi connectivity index (χ1n) is 7.87. The lowest BCUT2D eigenvalue weighted by molar-refractivity contribution is -0.141. The number of rotatable bonds is 4. The van der Waals surface area contributed by atoms with Gasteiger partial charge in [0.2, 0.25) is 0 Å². The first-order chi connectivity index (χ1) is 11.3. The molecule has 0 saturated heterocycles. The first-order valence-corrected chi connectivity index (χ1v) is 7.87. The van der Waals surface area contributed by atoms with E-state index in [2.05, 4.69) is 4.99 Å². The molecule has 0 aromatic heterocycles. The first kappa shape index (κ1) is 18.3. The molecular weight excluding hydrogens is 321 g/mol. The third kappa shape index (κ3) is 4.72. The Bertz CT molecular complexity index is 597. The largest absolute Gasteiger partial charge is 0.469 e. The molecule has 0 fully saturated rings. The summed E-state index contributed by atoms with van der Waals surface area (Å²) in [6.07, 6.45) is -1.06. The summed E-state index contributed by atoms with van der Waals surface area (Å²) in [6.45, 7) is 0. The molecule has 2 unspecified atom stereocenters. The Hall–Kier alpha value is -2.05. The standard InChI is InChI=1S/C17H21F3N2O2/c1-24-16(23)10-13(14-4-2-3-5-15(21)22-14)11-6-8-12(9-7-11)17(18,19)20/h6-9,13-14H,2-5,10H2,1H3,(H2,21,22). The molecule has 2 rings (SSSR count). The predicted octanol–water partition coefficient (Wildman–Crippen LogP) is 3.65. The molecule has 1 heterocycles. The quantitative estimate of drug-likeness (QED) is 0.850. The van der Waals surface area contributed by atoms with Gasteiger partial charge >= 0.3 is 12.1 Å². The fraction of sp³-hybridized carbons (Fsp3) is 0.529. The van der Waals surface area contributed by atoms with Gasteiger partial charge < -0.3 is 10.5 Å². The Kier molecular flexibility index (Phi) is 5.85. The molecule has 0 saturated carbocycles. The topological polar surface area (TPSA) is 64.7 Å². The summed E-state index contributed by atoms with van der Waals surface area (Å²) in [5.74, 6) is -0.242. The zero-order valence-electron chi connectivity index (χ0n) is 13.5. The van der Waals surface area contributed by atoms with Crippen LogP contribution in [0.4, 0.5) is 13.2 Å². The highest BCUT2D eigenvalue weighted by Gasteiger charge is 2.32. The average molecular weight is 342 g/mol. The minimum Gasteiger partial charge on any atom is -0.469 e. The van der Waals surface area contributed by atoms with Gasteiger partial charge in [-0.05, 0) is 30.5 Å². The van der Waals surface area contributed by atoms with Gasteiger partial charge in [0.1, 0.15) is 0 Å². The molecule has 132 valence electrons. The van der Waals surface area contributed by atoms with Crippen molar-refractivity contribution >= 4 is 11.8 Å². The number of esters is 1. The lowest BCUT2D eigenvalue weighted by Crippen LogP contribution is -2.23. The number of hydrogen-bond donors (Lipinski definition) is 1. The normalized spacial score (nSPS) is 20.0. The van der Waals surface area contributed by atoms with Gasteiger partial charge in [0.05, 0.1) is 31.0 Å². The highest BCUT2D eigenvalue weighted by atomic mass is 19.4. The van der Waals surface area contributed by atoms with Crippen molar-refractivity contribution in [2.45, 2.75) is 50.2 Å². The maximum atomic E-state index is 12.7. The fourth-order valence-corrected chi connectivity index (χ4v) is 2.95. The summed E-state index contributed by atoms with van der Waals surface area (Å²) < 4.78 is 42.9. The highest BCUT2D eigenvalue weighted by Crippen LogP contribution is 2.34. The van der Waals surface area contributed by atoms with Crippen LogP contribution in [0.1, 0.15) is 49.1 Å². The van der Waals surface area contributed by atoms with Crippen LogP contribution >= 0.6 is 0 Å². The van der Waals surface area contributed by atoms with Gasteiger partial charge in [0, 0.05) is 12.3 Å². The predicted molar refractivity (Wildman–Crippen MR) is 84.7 cm³/mol. The molecular formula is C17H21F3N2O2. The lowest BCUT2D eigenvalue weighted by Gasteiger charge is -2.23. The van der Waals surface area contributed by atoms with Crippen LogP contribution < -0.4 is 5.73 Å². The average Bonchev–Trinajstić information content (AvgIpc) is 2.76. The maximum absolute atomic E-state index is 12.7. The van der Waals surface area contributed by atoms with Crippen molar-refractivity contribution in [1.29, 1.82) is 0 Å². The zero-order valence-corrected chi connectivity index (χ0v) is 13.5. The van der Waals surface area contributed by atoms with Gasteiger partial charge in [-0.25, -0.2) is 0 Å². The zero-order chi connectivity index (χ0) is 17.7. The van der Waals surface area contributed by atoms with Crippen LogP contribution in [0, 0.1) is 0 Å². The summed E-state index contributed by atoms with van der Waals surface area (Å²) in [5, 5.41) is 0. The number of nitrogens with zero attached hydrogens (tertiary/aromatic N) is 1. The van der Waals surface area contributed by atoms with E-state index in [9.17, 15) is 18.0 Å². The van der Waals surface area contributed by atoms with Gasteiger partial charge in [0.15, 0.2) is 0 Å². The van der Waals surface area contributed by atoms with Gasteiger partial charge in [-0.15, -0.1) is 0 Å². The van der Waals surface area contributed by atoms with Crippen LogP contribution in [0.25, 0.3) is 0 Å². The van der Waals surface area contributed by atoms with Crippen LogP contribution in [0.5, 0.6) is 0 Å². The molecule has 7 heteroatoms. The highest BCUT2D eigenvalue weighted by molar-refractivity contribution is 5.80. The molecule has 1 aliphatic rings. The number of halogens is 3. The maximum Gasteiger partial charge on any atom is 0.416 e. The molecule has 0 aliphatic carbocycles. The minimum absolute atomic E-state index is 0.0588. The monoisotopic (exact) mass is 342 g/mol. The van der Waals surface area contributed by atoms with E-state index < -0.39 is 17.7 Å². The van der Waals surface area contributed by atoms with Crippen LogP contribution in [0.2, 0.25) is 0 Å². The van der Waals surface area contributed by atoms with Crippen molar-refractivity contribution in [3.63, 3.8) is 0 Å². The van der Waals surface area contributed by atoms with Gasteiger partial charge in [-0.1, -0.05) is 18.6 Å². The molecule has 0 amide bonds. The summed E-state index contributed by atoms with van der Waals surface area (Å²) in [5.41, 5.74) is 5.79. The summed E-state index contributed by atoms with van der Waals surface area (Å²) in [4.78, 5) is 16.2. The SMILES string of the molecule is COC(=O)CC(c1ccc(C(F)(F)F)cc1)C1CCCCC(N)=N1. The number of nitrogens with two attached hydrogens (primary N) is 1. The van der Waals surface area contributed by atoms with E-state index in [1.54, 1.807) is 0 Å². The fourth-order valence-electron chi connectivity index (χ4n) is 2.95. The van der Waals surface area contributed by atoms with E-state index in [1.807, 2.05) is 0 Å².